The number of nitrogens with zero attached hydrogens (tertiary/aromatic N) is 3. The van der Waals surface area contributed by atoms with Gasteiger partial charge in [-0.25, -0.2) is 4.98 Å². The van der Waals surface area contributed by atoms with Crippen molar-refractivity contribution in [2.24, 2.45) is 17.8 Å². The van der Waals surface area contributed by atoms with Gasteiger partial charge in [0.15, 0.2) is 6.10 Å². The van der Waals surface area contributed by atoms with Crippen LogP contribution in [0.15, 0.2) is 35.7 Å². The van der Waals surface area contributed by atoms with E-state index in [1.165, 1.54) is 18.3 Å². The van der Waals surface area contributed by atoms with E-state index in [0.717, 1.165) is 44.2 Å². The van der Waals surface area contributed by atoms with Gasteiger partial charge < -0.3 is 25.4 Å². The molecule has 2 aliphatic rings. The minimum Gasteiger partial charge on any atom is -0.481 e. The van der Waals surface area contributed by atoms with Gasteiger partial charge in [0.2, 0.25) is 11.8 Å². The summed E-state index contributed by atoms with van der Waals surface area (Å²) in [5.41, 5.74) is 1.10. The topological polar surface area (TPSA) is 158 Å². The number of amides is 3. The molecule has 0 bridgehead atoms. The third kappa shape index (κ3) is 11.8. The van der Waals surface area contributed by atoms with Gasteiger partial charge >= 0.3 is 11.9 Å². The van der Waals surface area contributed by atoms with Crippen LogP contribution in [0, 0.1) is 17.8 Å². The van der Waals surface area contributed by atoms with Gasteiger partial charge in [0, 0.05) is 37.9 Å². The van der Waals surface area contributed by atoms with Crippen molar-refractivity contribution in [2.75, 3.05) is 20.6 Å². The van der Waals surface area contributed by atoms with Crippen molar-refractivity contribution in [1.82, 2.24) is 25.4 Å². The third-order valence-corrected chi connectivity index (χ3v) is 11.0. The molecule has 2 aromatic rings. The van der Waals surface area contributed by atoms with Crippen molar-refractivity contribution < 1.29 is 33.8 Å². The average Bonchev–Trinajstić information content (AvgIpc) is 3.76. The number of nitrogens with one attached hydrogen (secondary N) is 2. The number of hydrogen-bond acceptors (Lipinski definition) is 9. The van der Waals surface area contributed by atoms with E-state index < -0.39 is 42.0 Å². The number of esters is 1. The number of piperidine rings is 1. The Kier molecular flexibility index (Phi) is 14.6. The molecule has 3 N–H and O–H groups in total. The standard InChI is InChI=1S/C38H55N5O7S/c1-23(2)32(43(6)37(47)29(20-27-15-16-27)40-35(46)31-14-10-11-17-42(31)5)21-33(50-25(4)44)36-41-30(22-51-36)34(45)39-28(18-24(3)38(48)49)19-26-12-8-7-9-13-26/h7-9,12-13,22-24,27-29,31-33H,10-11,14-21H2,1-6H3,(H,39,45)(H,40,46)(H,48,49)/t24-,28+,29-,31+,32+,33+/m0/s1. The Labute approximate surface area is 305 Å². The zero-order valence-electron chi connectivity index (χ0n) is 30.8. The molecule has 0 radical (unpaired) electrons. The number of rotatable bonds is 18. The number of benzene rings is 1. The highest BCUT2D eigenvalue weighted by Gasteiger charge is 2.38. The summed E-state index contributed by atoms with van der Waals surface area (Å²) in [5.74, 6) is -2.49. The highest BCUT2D eigenvalue weighted by Crippen LogP contribution is 2.35. The summed E-state index contributed by atoms with van der Waals surface area (Å²) in [6.07, 6.45) is 5.59. The molecule has 51 heavy (non-hydrogen) atoms. The average molecular weight is 726 g/mol. The zero-order chi connectivity index (χ0) is 37.2. The van der Waals surface area contributed by atoms with Crippen molar-refractivity contribution in [1.29, 1.82) is 0 Å². The molecule has 13 heteroatoms. The number of aromatic nitrogens is 1. The van der Waals surface area contributed by atoms with Crippen LogP contribution in [0.1, 0.15) is 106 Å². The molecule has 3 amide bonds. The Bertz CT molecular complexity index is 1500. The second kappa shape index (κ2) is 18.6. The van der Waals surface area contributed by atoms with Crippen LogP contribution in [-0.2, 0) is 30.3 Å². The number of hydrogen-bond donors (Lipinski definition) is 3. The normalized spacial score (nSPS) is 19.3. The first-order valence-corrected chi connectivity index (χ1v) is 19.1. The smallest absolute Gasteiger partial charge is 0.306 e. The Balaban J connectivity index is 1.49. The van der Waals surface area contributed by atoms with E-state index in [9.17, 15) is 29.1 Å². The van der Waals surface area contributed by atoms with Crippen molar-refractivity contribution >= 4 is 41.0 Å². The molecule has 1 saturated heterocycles. The second-order valence-corrected chi connectivity index (χ2v) is 15.6. The van der Waals surface area contributed by atoms with Crippen molar-refractivity contribution in [2.45, 2.75) is 116 Å². The fourth-order valence-electron chi connectivity index (χ4n) is 6.91. The maximum absolute atomic E-state index is 14.1. The minimum absolute atomic E-state index is 0.0311. The summed E-state index contributed by atoms with van der Waals surface area (Å²) in [6.45, 7) is 7.77. The molecule has 1 aromatic carbocycles. The highest BCUT2D eigenvalue weighted by atomic mass is 32.1. The van der Waals surface area contributed by atoms with E-state index in [4.69, 9.17) is 4.74 Å². The SMILES string of the molecule is CC(=O)O[C@H](C[C@H](C(C)C)N(C)C(=O)[C@H](CC1CC1)NC(=O)[C@H]1CCCCN1C)c1nc(C(=O)N[C@@H](Cc2ccccc2)C[C@H](C)C(=O)O)cs1. The van der Waals surface area contributed by atoms with E-state index in [1.54, 1.807) is 24.3 Å². The number of likely N-dealkylation sites (N-methyl/N-ethyl adjacent to an activating group) is 2. The van der Waals surface area contributed by atoms with Gasteiger partial charge in [-0.15, -0.1) is 11.3 Å². The molecule has 0 spiro atoms. The monoisotopic (exact) mass is 725 g/mol. The molecule has 2 fully saturated rings. The quantitative estimate of drug-likeness (QED) is 0.183. The largest absolute Gasteiger partial charge is 0.481 e. The van der Waals surface area contributed by atoms with Gasteiger partial charge in [0.25, 0.3) is 5.91 Å². The lowest BCUT2D eigenvalue weighted by molar-refractivity contribution is -0.149. The molecule has 6 atom stereocenters. The van der Waals surface area contributed by atoms with Crippen LogP contribution in [0.2, 0.25) is 0 Å². The first kappa shape index (κ1) is 39.9. The summed E-state index contributed by atoms with van der Waals surface area (Å²) in [5, 5.41) is 17.6. The van der Waals surface area contributed by atoms with Gasteiger partial charge in [-0.3, -0.25) is 28.9 Å². The second-order valence-electron chi connectivity index (χ2n) is 14.7. The van der Waals surface area contributed by atoms with Crippen LogP contribution in [0.5, 0.6) is 0 Å². The predicted molar refractivity (Wildman–Crippen MR) is 195 cm³/mol. The van der Waals surface area contributed by atoms with Crippen LogP contribution >= 0.6 is 11.3 Å². The molecule has 0 unspecified atom stereocenters. The molecular formula is C38H55N5O7S. The third-order valence-electron chi connectivity index (χ3n) is 10.1. The number of ether oxygens (including phenoxy) is 1. The van der Waals surface area contributed by atoms with Crippen LogP contribution in [0.4, 0.5) is 0 Å². The maximum atomic E-state index is 14.1. The highest BCUT2D eigenvalue weighted by molar-refractivity contribution is 7.09. The van der Waals surface area contributed by atoms with Crippen LogP contribution < -0.4 is 10.6 Å². The van der Waals surface area contributed by atoms with Gasteiger partial charge in [0.05, 0.1) is 12.0 Å². The molecule has 4 rings (SSSR count). The molecule has 2 heterocycles. The Morgan fingerprint density at radius 1 is 1.04 bits per heavy atom. The number of carboxylic acid groups (broad SMARTS) is 1. The lowest BCUT2D eigenvalue weighted by atomic mass is 9.95. The Morgan fingerprint density at radius 2 is 1.75 bits per heavy atom. The van der Waals surface area contributed by atoms with Crippen LogP contribution in [0.3, 0.4) is 0 Å². The molecule has 1 aliphatic carbocycles. The predicted octanol–water partition coefficient (Wildman–Crippen LogP) is 4.84. The first-order valence-electron chi connectivity index (χ1n) is 18.2. The number of carbonyl (C=O) groups excluding carboxylic acids is 4. The summed E-state index contributed by atoms with van der Waals surface area (Å²) in [7, 11) is 3.69. The summed E-state index contributed by atoms with van der Waals surface area (Å²) in [4.78, 5) is 73.3. The summed E-state index contributed by atoms with van der Waals surface area (Å²) < 4.78 is 5.77. The van der Waals surface area contributed by atoms with E-state index >= 15 is 0 Å². The zero-order valence-corrected chi connectivity index (χ0v) is 31.6. The molecule has 12 nitrogen and oxygen atoms in total. The number of aliphatic carboxylic acids is 1. The van der Waals surface area contributed by atoms with Crippen molar-refractivity contribution in [3.8, 4) is 0 Å². The molecule has 1 aromatic heterocycles. The lowest BCUT2D eigenvalue weighted by Gasteiger charge is -2.37. The fourth-order valence-corrected chi connectivity index (χ4v) is 7.75. The summed E-state index contributed by atoms with van der Waals surface area (Å²) in [6, 6.07) is 7.82. The van der Waals surface area contributed by atoms with E-state index in [2.05, 4.69) is 20.5 Å². The van der Waals surface area contributed by atoms with Gasteiger partial charge in [-0.1, -0.05) is 70.4 Å². The minimum atomic E-state index is -0.941. The van der Waals surface area contributed by atoms with Crippen molar-refractivity contribution in [3.63, 3.8) is 0 Å². The Hall–Kier alpha value is -3.84. The number of carbonyl (C=O) groups is 5. The molecule has 1 saturated carbocycles. The van der Waals surface area contributed by atoms with E-state index in [-0.39, 0.29) is 48.4 Å². The lowest BCUT2D eigenvalue weighted by Crippen LogP contribution is -2.56. The van der Waals surface area contributed by atoms with Crippen molar-refractivity contribution in [3.05, 3.63) is 52.0 Å². The number of likely N-dealkylation sites (tertiary alicyclic amines) is 1. The summed E-state index contributed by atoms with van der Waals surface area (Å²) >= 11 is 1.19. The number of thiazole rings is 1. The molecule has 1 aliphatic heterocycles. The fraction of sp³-hybridized carbons (Fsp3) is 0.632. The Morgan fingerprint density at radius 3 is 2.35 bits per heavy atom. The van der Waals surface area contributed by atoms with Gasteiger partial charge in [-0.2, -0.15) is 0 Å². The van der Waals surface area contributed by atoms with E-state index in [1.807, 2.05) is 51.2 Å². The van der Waals surface area contributed by atoms with Crippen LogP contribution in [0.25, 0.3) is 0 Å². The molecule has 280 valence electrons. The number of carboxylic acids is 1. The first-order chi connectivity index (χ1) is 24.2. The van der Waals surface area contributed by atoms with Crippen LogP contribution in [-0.4, -0.2) is 94.4 Å². The van der Waals surface area contributed by atoms with E-state index in [0.29, 0.717) is 23.8 Å². The van der Waals surface area contributed by atoms with Gasteiger partial charge in [-0.05, 0) is 63.1 Å². The van der Waals surface area contributed by atoms with Gasteiger partial charge in [0.1, 0.15) is 16.7 Å². The maximum Gasteiger partial charge on any atom is 0.306 e. The molecular weight excluding hydrogens is 671 g/mol.